The van der Waals surface area contributed by atoms with Crippen LogP contribution in [0.5, 0.6) is 0 Å². The molecule has 1 atom stereocenters. The number of thiophene rings is 1. The van der Waals surface area contributed by atoms with Gasteiger partial charge in [0.05, 0.1) is 0 Å². The van der Waals surface area contributed by atoms with Gasteiger partial charge in [-0.05, 0) is 23.9 Å². The molecule has 0 bridgehead atoms. The molecule has 0 fully saturated rings. The zero-order chi connectivity index (χ0) is 13.1. The second kappa shape index (κ2) is 7.24. The third kappa shape index (κ3) is 3.62. The summed E-state index contributed by atoms with van der Waals surface area (Å²) >= 11 is 1.64. The second-order valence-corrected chi connectivity index (χ2v) is 5.71. The maximum Gasteiger partial charge on any atom is 0.191 e. The number of aliphatic hydroxyl groups is 1. The summed E-state index contributed by atoms with van der Waals surface area (Å²) in [7, 11) is 0. The van der Waals surface area contributed by atoms with E-state index < -0.39 is 6.10 Å². The van der Waals surface area contributed by atoms with Gasteiger partial charge in [0.15, 0.2) is 5.96 Å². The number of aliphatic hydroxyl groups excluding tert-OH is 1. The summed E-state index contributed by atoms with van der Waals surface area (Å²) in [5.41, 5.74) is 0. The van der Waals surface area contributed by atoms with Crippen LogP contribution in [0, 0.1) is 0 Å². The fourth-order valence-electron chi connectivity index (χ4n) is 2.11. The fraction of sp³-hybridized carbons (Fsp3) is 0.357. The zero-order valence-electron chi connectivity index (χ0n) is 11.0. The number of halogens is 1. The predicted molar refractivity (Wildman–Crippen MR) is 95.1 cm³/mol. The van der Waals surface area contributed by atoms with Gasteiger partial charge in [-0.3, -0.25) is 4.99 Å². The summed E-state index contributed by atoms with van der Waals surface area (Å²) in [6.07, 6.45) is 0.577. The van der Waals surface area contributed by atoms with E-state index in [4.69, 9.17) is 0 Å². The van der Waals surface area contributed by atoms with Crippen molar-refractivity contribution in [1.82, 2.24) is 10.6 Å². The van der Waals surface area contributed by atoms with E-state index >= 15 is 0 Å². The van der Waals surface area contributed by atoms with Crippen LogP contribution < -0.4 is 10.6 Å². The first-order valence-corrected chi connectivity index (χ1v) is 7.33. The Balaban J connectivity index is 0.00000147. The molecule has 3 N–H and O–H groups in total. The molecule has 3 rings (SSSR count). The molecule has 108 valence electrons. The SMILES string of the molecule is I.OC(CNC1=NCCCN1)c1cc2ccccc2s1. The van der Waals surface area contributed by atoms with Crippen LogP contribution in [0.1, 0.15) is 17.4 Å². The minimum atomic E-state index is -0.496. The molecule has 1 aliphatic rings. The molecule has 4 nitrogen and oxygen atoms in total. The van der Waals surface area contributed by atoms with E-state index in [1.165, 1.54) is 10.1 Å². The number of aliphatic imine (C=N–C) groups is 1. The Kier molecular flexibility index (Phi) is 5.62. The summed E-state index contributed by atoms with van der Waals surface area (Å²) in [6, 6.07) is 10.2. The molecule has 20 heavy (non-hydrogen) atoms. The van der Waals surface area contributed by atoms with Gasteiger partial charge < -0.3 is 15.7 Å². The Hall–Kier alpha value is -0.860. The van der Waals surface area contributed by atoms with E-state index in [-0.39, 0.29) is 24.0 Å². The number of benzene rings is 1. The van der Waals surface area contributed by atoms with Gasteiger partial charge in [0.2, 0.25) is 0 Å². The van der Waals surface area contributed by atoms with Gasteiger partial charge >= 0.3 is 0 Å². The molecular weight excluding hydrogens is 385 g/mol. The van der Waals surface area contributed by atoms with Crippen molar-refractivity contribution in [3.8, 4) is 0 Å². The van der Waals surface area contributed by atoms with Crippen LogP contribution in [-0.4, -0.2) is 30.7 Å². The summed E-state index contributed by atoms with van der Waals surface area (Å²) in [6.45, 7) is 2.29. The number of hydrogen-bond donors (Lipinski definition) is 3. The van der Waals surface area contributed by atoms with Crippen molar-refractivity contribution in [3.05, 3.63) is 35.2 Å². The van der Waals surface area contributed by atoms with E-state index in [0.29, 0.717) is 6.54 Å². The van der Waals surface area contributed by atoms with Crippen LogP contribution in [0.4, 0.5) is 0 Å². The average Bonchev–Trinajstić information content (AvgIpc) is 2.90. The number of nitrogens with zero attached hydrogens (tertiary/aromatic N) is 1. The molecule has 1 aromatic heterocycles. The molecule has 0 aliphatic carbocycles. The Labute approximate surface area is 139 Å². The minimum Gasteiger partial charge on any atom is -0.386 e. The van der Waals surface area contributed by atoms with Gasteiger partial charge in [0.1, 0.15) is 6.10 Å². The zero-order valence-corrected chi connectivity index (χ0v) is 14.2. The minimum absolute atomic E-state index is 0. The third-order valence-electron chi connectivity index (χ3n) is 3.13. The molecular formula is C14H18IN3OS. The lowest BCUT2D eigenvalue weighted by Crippen LogP contribution is -2.42. The number of rotatable bonds is 3. The van der Waals surface area contributed by atoms with Crippen LogP contribution in [0.25, 0.3) is 10.1 Å². The van der Waals surface area contributed by atoms with Gasteiger partial charge in [-0.15, -0.1) is 35.3 Å². The molecule has 0 radical (unpaired) electrons. The predicted octanol–water partition coefficient (Wildman–Crippen LogP) is 2.49. The molecule has 0 spiro atoms. The highest BCUT2D eigenvalue weighted by Crippen LogP contribution is 2.29. The van der Waals surface area contributed by atoms with Gasteiger partial charge in [-0.2, -0.15) is 0 Å². The van der Waals surface area contributed by atoms with Crippen LogP contribution in [0.15, 0.2) is 35.3 Å². The average molecular weight is 403 g/mol. The normalized spacial score (nSPS) is 15.9. The number of guanidine groups is 1. The summed E-state index contributed by atoms with van der Waals surface area (Å²) in [5.74, 6) is 0.798. The van der Waals surface area contributed by atoms with E-state index in [1.807, 2.05) is 12.1 Å². The Morgan fingerprint density at radius 1 is 1.40 bits per heavy atom. The van der Waals surface area contributed by atoms with E-state index in [0.717, 1.165) is 30.3 Å². The molecule has 2 aromatic rings. The molecule has 1 unspecified atom stereocenters. The highest BCUT2D eigenvalue weighted by molar-refractivity contribution is 14.0. The van der Waals surface area contributed by atoms with Crippen molar-refractivity contribution in [2.24, 2.45) is 4.99 Å². The Morgan fingerprint density at radius 3 is 3.00 bits per heavy atom. The van der Waals surface area contributed by atoms with E-state index in [2.05, 4.69) is 33.8 Å². The lowest BCUT2D eigenvalue weighted by molar-refractivity contribution is 0.184. The highest BCUT2D eigenvalue weighted by Gasteiger charge is 2.12. The van der Waals surface area contributed by atoms with Crippen molar-refractivity contribution in [1.29, 1.82) is 0 Å². The first-order valence-electron chi connectivity index (χ1n) is 6.52. The summed E-state index contributed by atoms with van der Waals surface area (Å²) < 4.78 is 1.21. The maximum absolute atomic E-state index is 10.2. The quantitative estimate of drug-likeness (QED) is 0.691. The van der Waals surface area contributed by atoms with Crippen molar-refractivity contribution in [3.63, 3.8) is 0 Å². The summed E-state index contributed by atoms with van der Waals surface area (Å²) in [4.78, 5) is 5.32. The van der Waals surface area contributed by atoms with E-state index in [9.17, 15) is 5.11 Å². The largest absolute Gasteiger partial charge is 0.386 e. The Morgan fingerprint density at radius 2 is 2.25 bits per heavy atom. The number of fused-ring (bicyclic) bond motifs is 1. The molecule has 6 heteroatoms. The third-order valence-corrected chi connectivity index (χ3v) is 4.35. The molecule has 0 saturated heterocycles. The first-order chi connectivity index (χ1) is 9.33. The van der Waals surface area contributed by atoms with Crippen LogP contribution in [-0.2, 0) is 0 Å². The molecule has 0 amide bonds. The van der Waals surface area contributed by atoms with Crippen molar-refractivity contribution < 1.29 is 5.11 Å². The maximum atomic E-state index is 10.2. The van der Waals surface area contributed by atoms with E-state index in [1.54, 1.807) is 11.3 Å². The second-order valence-electron chi connectivity index (χ2n) is 4.59. The van der Waals surface area contributed by atoms with Crippen LogP contribution in [0.2, 0.25) is 0 Å². The van der Waals surface area contributed by atoms with Gasteiger partial charge in [-0.1, -0.05) is 18.2 Å². The van der Waals surface area contributed by atoms with Crippen LogP contribution in [0.3, 0.4) is 0 Å². The highest BCUT2D eigenvalue weighted by atomic mass is 127. The fourth-order valence-corrected chi connectivity index (χ4v) is 3.16. The van der Waals surface area contributed by atoms with Crippen molar-refractivity contribution >= 4 is 51.4 Å². The van der Waals surface area contributed by atoms with Crippen LogP contribution >= 0.6 is 35.3 Å². The topological polar surface area (TPSA) is 56.6 Å². The van der Waals surface area contributed by atoms with Gasteiger partial charge in [-0.25, -0.2) is 0 Å². The number of hydrogen-bond acceptors (Lipinski definition) is 5. The van der Waals surface area contributed by atoms with Crippen molar-refractivity contribution in [2.75, 3.05) is 19.6 Å². The monoisotopic (exact) mass is 403 g/mol. The molecule has 1 aliphatic heterocycles. The standard InChI is InChI=1S/C14H17N3OS.HI/c18-11(9-17-14-15-6-3-7-16-14)13-8-10-4-1-2-5-12(10)19-13;/h1-2,4-5,8,11,18H,3,6-7,9H2,(H2,15,16,17);1H. The lowest BCUT2D eigenvalue weighted by Gasteiger charge is -2.17. The molecule has 0 saturated carbocycles. The Bertz CT molecular complexity index is 566. The lowest BCUT2D eigenvalue weighted by atomic mass is 10.2. The molecule has 1 aromatic carbocycles. The number of nitrogens with one attached hydrogen (secondary N) is 2. The van der Waals surface area contributed by atoms with Crippen molar-refractivity contribution in [2.45, 2.75) is 12.5 Å². The van der Waals surface area contributed by atoms with Gasteiger partial charge in [0, 0.05) is 29.2 Å². The summed E-state index contributed by atoms with van der Waals surface area (Å²) in [5, 5.41) is 17.8. The first kappa shape index (κ1) is 15.5. The van der Waals surface area contributed by atoms with Gasteiger partial charge in [0.25, 0.3) is 0 Å². The smallest absolute Gasteiger partial charge is 0.191 e. The molecule has 2 heterocycles.